The van der Waals surface area contributed by atoms with Gasteiger partial charge in [-0.2, -0.15) is 0 Å². The number of anilines is 1. The lowest BCUT2D eigenvalue weighted by atomic mass is 9.65. The topological polar surface area (TPSA) is 160 Å². The summed E-state index contributed by atoms with van der Waals surface area (Å²) in [6.45, 7) is 0.564. The third-order valence-electron chi connectivity index (χ3n) is 12.7. The molecular weight excluding hydrogens is 777 g/mol. The number of cyclic esters (lactones) is 1. The average Bonchev–Trinajstić information content (AvgIpc) is 3.73. The number of hydrogen-bond acceptors (Lipinski definition) is 10. The molecule has 4 aliphatic rings. The monoisotopic (exact) mass is 820 g/mol. The molecule has 3 fully saturated rings. The SMILES string of the molecule is O=C1O[C@@H](c2ccccc2)[C@@H](c2ccccc2)N2[C@@H](c3ccc(O)cc3)[C@]3(C(=O)N(C(=O)OCc4ccc([N+](=O)[O-])cc4)c4ccccc43)[C@@H](C(=O)N3CCCCCCC3)[C@H]12. The van der Waals surface area contributed by atoms with Crippen LogP contribution >= 0.6 is 0 Å². The second-order valence-electron chi connectivity index (χ2n) is 16.1. The molecule has 310 valence electrons. The van der Waals surface area contributed by atoms with Gasteiger partial charge < -0.3 is 19.5 Å². The molecule has 13 nitrogen and oxygen atoms in total. The van der Waals surface area contributed by atoms with Crippen LogP contribution in [0.15, 0.2) is 133 Å². The van der Waals surface area contributed by atoms with E-state index in [1.54, 1.807) is 41.3 Å². The molecule has 0 bridgehead atoms. The third kappa shape index (κ3) is 6.78. The molecule has 3 saturated heterocycles. The number of carbonyl (C=O) groups excluding carboxylic acids is 4. The number of amides is 3. The van der Waals surface area contributed by atoms with Gasteiger partial charge in [0.05, 0.1) is 28.6 Å². The summed E-state index contributed by atoms with van der Waals surface area (Å²) in [7, 11) is 0. The van der Waals surface area contributed by atoms with Gasteiger partial charge in [-0.25, -0.2) is 9.69 Å². The predicted octanol–water partition coefficient (Wildman–Crippen LogP) is 8.10. The van der Waals surface area contributed by atoms with Gasteiger partial charge in [0.25, 0.3) is 5.69 Å². The number of esters is 1. The van der Waals surface area contributed by atoms with Crippen molar-refractivity contribution in [3.8, 4) is 5.75 Å². The number of nitro benzene ring substituents is 1. The van der Waals surface area contributed by atoms with Crippen molar-refractivity contribution in [1.29, 1.82) is 0 Å². The van der Waals surface area contributed by atoms with Gasteiger partial charge >= 0.3 is 12.1 Å². The molecule has 0 aromatic heterocycles. The Hall–Kier alpha value is -6.86. The van der Waals surface area contributed by atoms with E-state index in [0.29, 0.717) is 29.8 Å². The minimum atomic E-state index is -1.90. The van der Waals surface area contributed by atoms with Crippen LogP contribution in [0.3, 0.4) is 0 Å². The van der Waals surface area contributed by atoms with Crippen LogP contribution in [-0.2, 0) is 35.9 Å². The maximum atomic E-state index is 16.1. The lowest BCUT2D eigenvalue weighted by Gasteiger charge is -2.46. The fourth-order valence-electron chi connectivity index (χ4n) is 10.1. The number of non-ortho nitro benzene ring substituents is 1. The van der Waals surface area contributed by atoms with Crippen molar-refractivity contribution < 1.29 is 38.7 Å². The summed E-state index contributed by atoms with van der Waals surface area (Å²) in [5, 5.41) is 21.9. The van der Waals surface area contributed by atoms with Crippen LogP contribution in [-0.4, -0.2) is 62.8 Å². The Labute approximate surface area is 352 Å². The number of rotatable bonds is 7. The van der Waals surface area contributed by atoms with Crippen LogP contribution in [0.1, 0.15) is 78.1 Å². The molecule has 5 aromatic carbocycles. The summed E-state index contributed by atoms with van der Waals surface area (Å²) in [6.07, 6.45) is 2.53. The summed E-state index contributed by atoms with van der Waals surface area (Å²) < 4.78 is 12.3. The average molecular weight is 821 g/mol. The lowest BCUT2D eigenvalue weighted by Crippen LogP contribution is -2.56. The molecule has 0 saturated carbocycles. The van der Waals surface area contributed by atoms with E-state index in [-0.39, 0.29) is 29.6 Å². The van der Waals surface area contributed by atoms with Crippen molar-refractivity contribution in [3.63, 3.8) is 0 Å². The van der Waals surface area contributed by atoms with Gasteiger partial charge in [-0.1, -0.05) is 110 Å². The van der Waals surface area contributed by atoms with Crippen molar-refractivity contribution in [1.82, 2.24) is 9.80 Å². The third-order valence-corrected chi connectivity index (χ3v) is 12.7. The number of aromatic hydroxyl groups is 1. The van der Waals surface area contributed by atoms with Crippen LogP contribution in [0.5, 0.6) is 5.75 Å². The van der Waals surface area contributed by atoms with Gasteiger partial charge in [-0.05, 0) is 71.0 Å². The number of nitrogens with zero attached hydrogens (tertiary/aromatic N) is 4. The highest BCUT2D eigenvalue weighted by atomic mass is 16.6. The molecule has 9 rings (SSSR count). The zero-order valence-corrected chi connectivity index (χ0v) is 33.2. The summed E-state index contributed by atoms with van der Waals surface area (Å²) in [6, 6.07) is 34.7. The molecule has 4 aliphatic heterocycles. The first kappa shape index (κ1) is 39.6. The Morgan fingerprint density at radius 2 is 1.34 bits per heavy atom. The first-order chi connectivity index (χ1) is 29.7. The van der Waals surface area contributed by atoms with E-state index < -0.39 is 58.5 Å². The van der Waals surface area contributed by atoms with Gasteiger partial charge in [0.1, 0.15) is 29.9 Å². The number of phenolic OH excluding ortho intramolecular Hbond substituents is 1. The number of fused-ring (bicyclic) bond motifs is 3. The van der Waals surface area contributed by atoms with E-state index in [1.807, 2.05) is 65.6 Å². The molecule has 6 atom stereocenters. The number of likely N-dealkylation sites (tertiary alicyclic amines) is 1. The second-order valence-corrected chi connectivity index (χ2v) is 16.1. The van der Waals surface area contributed by atoms with Crippen LogP contribution < -0.4 is 4.90 Å². The first-order valence-electron chi connectivity index (χ1n) is 20.7. The van der Waals surface area contributed by atoms with Crippen molar-refractivity contribution in [3.05, 3.63) is 171 Å². The second kappa shape index (κ2) is 16.3. The summed E-state index contributed by atoms with van der Waals surface area (Å²) in [4.78, 5) is 77.1. The molecule has 0 aliphatic carbocycles. The zero-order valence-electron chi connectivity index (χ0n) is 33.2. The van der Waals surface area contributed by atoms with E-state index in [1.165, 1.54) is 36.4 Å². The van der Waals surface area contributed by atoms with Crippen molar-refractivity contribution in [2.24, 2.45) is 5.92 Å². The van der Waals surface area contributed by atoms with Gasteiger partial charge in [-0.3, -0.25) is 29.4 Å². The molecule has 1 spiro atoms. The Kier molecular flexibility index (Phi) is 10.6. The predicted molar refractivity (Wildman–Crippen MR) is 223 cm³/mol. The molecule has 0 unspecified atom stereocenters. The number of hydrogen-bond donors (Lipinski definition) is 1. The van der Waals surface area contributed by atoms with Gasteiger partial charge in [-0.15, -0.1) is 0 Å². The molecular formula is C48H44N4O9. The standard InChI is InChI=1S/C48H44N4O9/c53-36-26-22-34(23-27-36)43-48(37-18-10-11-19-38(37)50(46(48)56)47(57)60-30-31-20-24-35(25-21-31)52(58)59)39(44(54)49-28-12-2-1-3-13-29-49)41-45(55)61-42(33-16-8-5-9-17-33)40(51(41)43)32-14-6-4-7-15-32/h4-11,14-27,39-43,53H,1-3,12-13,28-30H2/t39-,40-,41-,42+,43+,48-/m1/s1. The van der Waals surface area contributed by atoms with Gasteiger partial charge in [0.2, 0.25) is 11.8 Å². The first-order valence-corrected chi connectivity index (χ1v) is 20.7. The van der Waals surface area contributed by atoms with Crippen LogP contribution in [0, 0.1) is 16.0 Å². The number of imide groups is 1. The van der Waals surface area contributed by atoms with E-state index in [9.17, 15) is 20.0 Å². The fourth-order valence-corrected chi connectivity index (χ4v) is 10.1. The van der Waals surface area contributed by atoms with Gasteiger partial charge in [0, 0.05) is 25.2 Å². The van der Waals surface area contributed by atoms with Crippen LogP contribution in [0.2, 0.25) is 0 Å². The van der Waals surface area contributed by atoms with E-state index in [0.717, 1.165) is 48.1 Å². The highest BCUT2D eigenvalue weighted by molar-refractivity contribution is 6.23. The molecule has 3 amide bonds. The van der Waals surface area contributed by atoms with Crippen LogP contribution in [0.4, 0.5) is 16.2 Å². The molecule has 61 heavy (non-hydrogen) atoms. The molecule has 5 aromatic rings. The molecule has 1 N–H and O–H groups in total. The number of carbonyl (C=O) groups is 4. The Balaban J connectivity index is 1.26. The quantitative estimate of drug-likeness (QED) is 0.0966. The Bertz CT molecular complexity index is 2460. The highest BCUT2D eigenvalue weighted by Gasteiger charge is 2.76. The van der Waals surface area contributed by atoms with Crippen molar-refractivity contribution in [2.75, 3.05) is 18.0 Å². The minimum absolute atomic E-state index is 0.0185. The Morgan fingerprint density at radius 1 is 0.738 bits per heavy atom. The number of nitro groups is 1. The number of benzene rings is 5. The van der Waals surface area contributed by atoms with Crippen LogP contribution in [0.25, 0.3) is 0 Å². The number of ether oxygens (including phenoxy) is 2. The normalized spacial score (nSPS) is 25.0. The largest absolute Gasteiger partial charge is 0.508 e. The van der Waals surface area contributed by atoms with Crippen molar-refractivity contribution in [2.45, 2.75) is 68.4 Å². The maximum Gasteiger partial charge on any atom is 0.421 e. The molecule has 13 heteroatoms. The Morgan fingerprint density at radius 3 is 2.00 bits per heavy atom. The smallest absolute Gasteiger partial charge is 0.421 e. The minimum Gasteiger partial charge on any atom is -0.508 e. The van der Waals surface area contributed by atoms with E-state index >= 15 is 14.4 Å². The highest BCUT2D eigenvalue weighted by Crippen LogP contribution is 2.66. The van der Waals surface area contributed by atoms with Gasteiger partial charge in [0.15, 0.2) is 0 Å². The maximum absolute atomic E-state index is 16.1. The summed E-state index contributed by atoms with van der Waals surface area (Å²) in [5.74, 6) is -3.19. The number of para-hydroxylation sites is 1. The number of morpholine rings is 1. The summed E-state index contributed by atoms with van der Waals surface area (Å²) >= 11 is 0. The van der Waals surface area contributed by atoms with Crippen molar-refractivity contribution >= 4 is 35.3 Å². The summed E-state index contributed by atoms with van der Waals surface area (Å²) in [5.41, 5.74) is 1.05. The number of phenols is 1. The lowest BCUT2D eigenvalue weighted by molar-refractivity contribution is -0.384. The van der Waals surface area contributed by atoms with E-state index in [2.05, 4.69) is 0 Å². The molecule has 4 heterocycles. The molecule has 0 radical (unpaired) electrons. The fraction of sp³-hybridized carbons (Fsp3) is 0.292. The van der Waals surface area contributed by atoms with E-state index in [4.69, 9.17) is 9.47 Å². The zero-order chi connectivity index (χ0) is 42.3.